The van der Waals surface area contributed by atoms with Crippen molar-refractivity contribution < 1.29 is 14.2 Å². The molecular weight excluding hydrogens is 258 g/mol. The highest BCUT2D eigenvalue weighted by Crippen LogP contribution is 2.28. The van der Waals surface area contributed by atoms with Crippen LogP contribution in [0.25, 0.3) is 0 Å². The van der Waals surface area contributed by atoms with E-state index in [1.807, 2.05) is 0 Å². The van der Waals surface area contributed by atoms with Crippen LogP contribution in [0.2, 0.25) is 0 Å². The molecule has 1 aliphatic rings. The highest BCUT2D eigenvalue weighted by Gasteiger charge is 2.17. The lowest BCUT2D eigenvalue weighted by Gasteiger charge is -2.30. The lowest BCUT2D eigenvalue weighted by atomic mass is 10.2. The molecule has 1 aromatic heterocycles. The Bertz CT molecular complexity index is 428. The summed E-state index contributed by atoms with van der Waals surface area (Å²) in [5, 5.41) is 3.37. The van der Waals surface area contributed by atoms with Gasteiger partial charge in [-0.25, -0.2) is 0 Å². The van der Waals surface area contributed by atoms with Gasteiger partial charge in [0.25, 0.3) is 0 Å². The van der Waals surface area contributed by atoms with E-state index in [2.05, 4.69) is 22.2 Å². The third-order valence-corrected chi connectivity index (χ3v) is 3.37. The van der Waals surface area contributed by atoms with Crippen LogP contribution in [-0.2, 0) is 11.3 Å². The number of ether oxygens (including phenoxy) is 3. The first-order valence-corrected chi connectivity index (χ1v) is 6.81. The van der Waals surface area contributed by atoms with E-state index in [1.54, 1.807) is 26.5 Å². The van der Waals surface area contributed by atoms with Crippen molar-refractivity contribution in [3.05, 3.63) is 18.0 Å². The summed E-state index contributed by atoms with van der Waals surface area (Å²) < 4.78 is 16.3. The van der Waals surface area contributed by atoms with E-state index in [4.69, 9.17) is 14.2 Å². The number of nitrogens with zero attached hydrogens (tertiary/aromatic N) is 2. The lowest BCUT2D eigenvalue weighted by molar-refractivity contribution is -0.0182. The summed E-state index contributed by atoms with van der Waals surface area (Å²) in [6, 6.07) is 1.79. The van der Waals surface area contributed by atoms with Crippen LogP contribution in [0, 0.1) is 0 Å². The van der Waals surface area contributed by atoms with E-state index >= 15 is 0 Å². The summed E-state index contributed by atoms with van der Waals surface area (Å²) in [5.74, 6) is 1.39. The molecule has 1 atom stereocenters. The van der Waals surface area contributed by atoms with E-state index in [0.29, 0.717) is 18.0 Å². The third-order valence-electron chi connectivity index (χ3n) is 3.37. The maximum absolute atomic E-state index is 5.71. The van der Waals surface area contributed by atoms with Gasteiger partial charge in [-0.3, -0.25) is 4.98 Å². The van der Waals surface area contributed by atoms with Crippen molar-refractivity contribution in [3.63, 3.8) is 0 Å². The summed E-state index contributed by atoms with van der Waals surface area (Å²) in [6.45, 7) is 4.18. The first-order chi connectivity index (χ1) is 9.74. The number of hydrogen-bond donors (Lipinski definition) is 1. The van der Waals surface area contributed by atoms with Crippen molar-refractivity contribution >= 4 is 0 Å². The number of methoxy groups -OCH3 is 2. The van der Waals surface area contributed by atoms with Gasteiger partial charge in [-0.1, -0.05) is 0 Å². The molecule has 1 aliphatic heterocycles. The average molecular weight is 281 g/mol. The van der Waals surface area contributed by atoms with E-state index in [-0.39, 0.29) is 6.10 Å². The Morgan fingerprint density at radius 3 is 3.00 bits per heavy atom. The molecule has 6 nitrogen and oxygen atoms in total. The summed E-state index contributed by atoms with van der Waals surface area (Å²) in [4.78, 5) is 6.62. The van der Waals surface area contributed by atoms with E-state index in [0.717, 1.165) is 31.9 Å². The van der Waals surface area contributed by atoms with Crippen molar-refractivity contribution in [2.75, 3.05) is 47.5 Å². The molecule has 1 fully saturated rings. The molecule has 1 N–H and O–H groups in total. The second kappa shape index (κ2) is 7.42. The summed E-state index contributed by atoms with van der Waals surface area (Å²) in [7, 11) is 5.37. The number of hydrogen-bond acceptors (Lipinski definition) is 6. The highest BCUT2D eigenvalue weighted by molar-refractivity contribution is 5.42. The van der Waals surface area contributed by atoms with Crippen LogP contribution in [0.15, 0.2) is 12.3 Å². The van der Waals surface area contributed by atoms with Crippen LogP contribution in [0.1, 0.15) is 5.69 Å². The molecule has 112 valence electrons. The monoisotopic (exact) mass is 281 g/mol. The minimum absolute atomic E-state index is 0.227. The number of rotatable bonds is 6. The fraction of sp³-hybridized carbons (Fsp3) is 0.643. The Balaban J connectivity index is 1.87. The van der Waals surface area contributed by atoms with Crippen LogP contribution in [0.4, 0.5) is 0 Å². The van der Waals surface area contributed by atoms with Crippen molar-refractivity contribution in [3.8, 4) is 11.5 Å². The molecule has 1 saturated heterocycles. The van der Waals surface area contributed by atoms with Crippen LogP contribution >= 0.6 is 0 Å². The zero-order chi connectivity index (χ0) is 14.4. The Labute approximate surface area is 120 Å². The fourth-order valence-electron chi connectivity index (χ4n) is 2.32. The largest absolute Gasteiger partial charge is 0.493 e. The lowest BCUT2D eigenvalue weighted by Crippen LogP contribution is -2.44. The molecule has 0 radical (unpaired) electrons. The molecular formula is C14H23N3O3. The predicted octanol–water partition coefficient (Wildman–Crippen LogP) is 0.519. The number of pyridine rings is 1. The van der Waals surface area contributed by atoms with Crippen LogP contribution in [0.5, 0.6) is 11.5 Å². The number of aromatic nitrogens is 1. The molecule has 0 bridgehead atoms. The molecule has 0 aliphatic carbocycles. The normalized spacial score (nSPS) is 19.9. The molecule has 2 heterocycles. The van der Waals surface area contributed by atoms with E-state index < -0.39 is 0 Å². The summed E-state index contributed by atoms with van der Waals surface area (Å²) >= 11 is 0. The molecule has 0 spiro atoms. The van der Waals surface area contributed by atoms with Crippen LogP contribution in [-0.4, -0.2) is 63.5 Å². The van der Waals surface area contributed by atoms with Crippen molar-refractivity contribution in [2.24, 2.45) is 0 Å². The van der Waals surface area contributed by atoms with Gasteiger partial charge in [-0.2, -0.15) is 0 Å². The van der Waals surface area contributed by atoms with E-state index in [9.17, 15) is 0 Å². The Kier molecular flexibility index (Phi) is 5.58. The predicted molar refractivity (Wildman–Crippen MR) is 76.3 cm³/mol. The molecule has 0 amide bonds. The van der Waals surface area contributed by atoms with Crippen LogP contribution in [0.3, 0.4) is 0 Å². The van der Waals surface area contributed by atoms with Gasteiger partial charge in [0.2, 0.25) is 0 Å². The Hall–Kier alpha value is -1.37. The second-order valence-corrected chi connectivity index (χ2v) is 4.88. The Morgan fingerprint density at radius 1 is 1.45 bits per heavy atom. The molecule has 0 aromatic carbocycles. The van der Waals surface area contributed by atoms with Crippen molar-refractivity contribution in [1.82, 2.24) is 15.2 Å². The second-order valence-electron chi connectivity index (χ2n) is 4.88. The smallest absolute Gasteiger partial charge is 0.183 e. The zero-order valence-electron chi connectivity index (χ0n) is 12.4. The molecule has 20 heavy (non-hydrogen) atoms. The first-order valence-electron chi connectivity index (χ1n) is 6.81. The SMILES string of the molecule is COc1ccnc(CNCC2CN(C)CCO2)c1OC. The Morgan fingerprint density at radius 2 is 2.30 bits per heavy atom. The maximum atomic E-state index is 5.71. The van der Waals surface area contributed by atoms with Gasteiger partial charge in [0.15, 0.2) is 11.5 Å². The highest BCUT2D eigenvalue weighted by atomic mass is 16.5. The maximum Gasteiger partial charge on any atom is 0.183 e. The molecule has 1 unspecified atom stereocenters. The van der Waals surface area contributed by atoms with Gasteiger partial charge < -0.3 is 24.4 Å². The molecule has 0 saturated carbocycles. The van der Waals surface area contributed by atoms with Gasteiger partial charge in [0, 0.05) is 38.4 Å². The van der Waals surface area contributed by atoms with Gasteiger partial charge in [0.05, 0.1) is 32.6 Å². The third kappa shape index (κ3) is 3.82. The first kappa shape index (κ1) is 15.0. The fourth-order valence-corrected chi connectivity index (χ4v) is 2.32. The summed E-state index contributed by atoms with van der Waals surface area (Å²) in [5.41, 5.74) is 0.844. The number of likely N-dealkylation sites (N-methyl/N-ethyl adjacent to an activating group) is 1. The minimum Gasteiger partial charge on any atom is -0.493 e. The topological polar surface area (TPSA) is 55.9 Å². The molecule has 1 aromatic rings. The molecule has 2 rings (SSSR count). The average Bonchev–Trinajstić information content (AvgIpc) is 2.47. The standard InChI is InChI=1S/C14H23N3O3/c1-17-6-7-20-11(10-17)8-15-9-12-14(19-3)13(18-2)4-5-16-12/h4-5,11,15H,6-10H2,1-3H3. The minimum atomic E-state index is 0.227. The molecule has 6 heteroatoms. The van der Waals surface area contributed by atoms with Gasteiger partial charge in [-0.15, -0.1) is 0 Å². The van der Waals surface area contributed by atoms with Crippen LogP contribution < -0.4 is 14.8 Å². The van der Waals surface area contributed by atoms with Crippen molar-refractivity contribution in [2.45, 2.75) is 12.6 Å². The zero-order valence-corrected chi connectivity index (χ0v) is 12.4. The van der Waals surface area contributed by atoms with Gasteiger partial charge in [-0.05, 0) is 7.05 Å². The summed E-state index contributed by atoms with van der Waals surface area (Å²) in [6.07, 6.45) is 1.95. The van der Waals surface area contributed by atoms with Crippen molar-refractivity contribution in [1.29, 1.82) is 0 Å². The number of morpholine rings is 1. The quantitative estimate of drug-likeness (QED) is 0.820. The van der Waals surface area contributed by atoms with Gasteiger partial charge >= 0.3 is 0 Å². The number of nitrogens with one attached hydrogen (secondary N) is 1. The van der Waals surface area contributed by atoms with E-state index in [1.165, 1.54) is 0 Å². The van der Waals surface area contributed by atoms with Gasteiger partial charge in [0.1, 0.15) is 0 Å².